The number of amides is 2. The first-order valence-corrected chi connectivity index (χ1v) is 13.3. The van der Waals surface area contributed by atoms with E-state index in [1.165, 1.54) is 10.4 Å². The first-order chi connectivity index (χ1) is 14.4. The molecule has 7 nitrogen and oxygen atoms in total. The third-order valence-electron chi connectivity index (χ3n) is 5.15. The molecule has 0 aliphatic carbocycles. The number of nitrogens with one attached hydrogen (secondary N) is 1. The van der Waals surface area contributed by atoms with Crippen LogP contribution >= 0.6 is 23.1 Å². The van der Waals surface area contributed by atoms with Crippen LogP contribution in [0.4, 0.5) is 5.69 Å². The first kappa shape index (κ1) is 21.4. The van der Waals surface area contributed by atoms with Gasteiger partial charge in [0.15, 0.2) is 0 Å². The van der Waals surface area contributed by atoms with Crippen molar-refractivity contribution >= 4 is 50.6 Å². The van der Waals surface area contributed by atoms with E-state index in [0.717, 1.165) is 41.4 Å². The number of carbonyl (C=O) groups excluding carboxylic acids is 2. The Labute approximate surface area is 184 Å². The fraction of sp³-hybridized carbons (Fsp3) is 0.400. The number of rotatable bonds is 6. The van der Waals surface area contributed by atoms with Crippen molar-refractivity contribution in [3.63, 3.8) is 0 Å². The summed E-state index contributed by atoms with van der Waals surface area (Å²) < 4.78 is 27.5. The minimum atomic E-state index is -3.69. The molecular formula is C20H23N3O4S3. The number of thioether (sulfide) groups is 1. The summed E-state index contributed by atoms with van der Waals surface area (Å²) in [5.74, 6) is 1.23. The summed E-state index contributed by atoms with van der Waals surface area (Å²) in [6, 6.07) is 8.83. The van der Waals surface area contributed by atoms with Crippen molar-refractivity contribution in [2.24, 2.45) is 0 Å². The molecule has 3 heterocycles. The molecule has 2 aromatic rings. The smallest absolute Gasteiger partial charge is 0.267 e. The van der Waals surface area contributed by atoms with Gasteiger partial charge in [-0.25, -0.2) is 8.42 Å². The lowest BCUT2D eigenvalue weighted by Gasteiger charge is -2.25. The lowest BCUT2D eigenvalue weighted by molar-refractivity contribution is -0.128. The Hall–Kier alpha value is -1.88. The summed E-state index contributed by atoms with van der Waals surface area (Å²) in [6.07, 6.45) is 1.46. The van der Waals surface area contributed by atoms with E-state index in [9.17, 15) is 18.0 Å². The zero-order valence-electron chi connectivity index (χ0n) is 16.4. The zero-order valence-corrected chi connectivity index (χ0v) is 18.8. The van der Waals surface area contributed by atoms with Crippen LogP contribution in [0.15, 0.2) is 40.6 Å². The summed E-state index contributed by atoms with van der Waals surface area (Å²) in [6.45, 7) is 2.18. The number of likely N-dealkylation sites (tertiary alicyclic amines) is 1. The number of hydrogen-bond acceptors (Lipinski definition) is 6. The second kappa shape index (κ2) is 9.09. The maximum absolute atomic E-state index is 13.0. The van der Waals surface area contributed by atoms with Crippen LogP contribution in [0.3, 0.4) is 0 Å². The maximum atomic E-state index is 13.0. The SMILES string of the molecule is O=C(Nc1cccc(CN2CCCC2=O)c1)c1sccc1S(=O)(=O)N1CCSCC1. The monoisotopic (exact) mass is 465 g/mol. The predicted molar refractivity (Wildman–Crippen MR) is 119 cm³/mol. The van der Waals surface area contributed by atoms with Crippen LogP contribution in [-0.2, 0) is 21.4 Å². The van der Waals surface area contributed by atoms with Crippen molar-refractivity contribution in [3.8, 4) is 0 Å². The van der Waals surface area contributed by atoms with Crippen molar-refractivity contribution < 1.29 is 18.0 Å². The first-order valence-electron chi connectivity index (χ1n) is 9.78. The largest absolute Gasteiger partial charge is 0.338 e. The Bertz CT molecular complexity index is 1050. The molecule has 4 rings (SSSR count). The molecule has 0 unspecified atom stereocenters. The molecule has 0 spiro atoms. The topological polar surface area (TPSA) is 86.8 Å². The van der Waals surface area contributed by atoms with E-state index in [0.29, 0.717) is 31.7 Å². The molecule has 160 valence electrons. The van der Waals surface area contributed by atoms with Gasteiger partial charge in [-0.3, -0.25) is 9.59 Å². The minimum absolute atomic E-state index is 0.0655. The van der Waals surface area contributed by atoms with E-state index < -0.39 is 15.9 Å². The highest BCUT2D eigenvalue weighted by atomic mass is 32.2. The molecule has 0 saturated carbocycles. The van der Waals surface area contributed by atoms with Crippen LogP contribution < -0.4 is 5.32 Å². The number of nitrogens with zero attached hydrogens (tertiary/aromatic N) is 2. The van der Waals surface area contributed by atoms with E-state index in [2.05, 4.69) is 5.32 Å². The number of anilines is 1. The van der Waals surface area contributed by atoms with Gasteiger partial charge in [-0.1, -0.05) is 12.1 Å². The van der Waals surface area contributed by atoms with Gasteiger partial charge in [-0.05, 0) is 35.6 Å². The Morgan fingerprint density at radius 3 is 2.67 bits per heavy atom. The highest BCUT2D eigenvalue weighted by Gasteiger charge is 2.31. The van der Waals surface area contributed by atoms with Gasteiger partial charge in [0.05, 0.1) is 0 Å². The van der Waals surface area contributed by atoms with Crippen LogP contribution in [0.5, 0.6) is 0 Å². The average Bonchev–Trinajstić information content (AvgIpc) is 3.39. The highest BCUT2D eigenvalue weighted by molar-refractivity contribution is 7.99. The summed E-state index contributed by atoms with van der Waals surface area (Å²) in [5, 5.41) is 4.45. The molecule has 0 radical (unpaired) electrons. The lowest BCUT2D eigenvalue weighted by Crippen LogP contribution is -2.38. The highest BCUT2D eigenvalue weighted by Crippen LogP contribution is 2.28. The number of hydrogen-bond donors (Lipinski definition) is 1. The molecule has 2 saturated heterocycles. The Morgan fingerprint density at radius 2 is 1.93 bits per heavy atom. The van der Waals surface area contributed by atoms with Crippen LogP contribution in [0.1, 0.15) is 28.1 Å². The van der Waals surface area contributed by atoms with Gasteiger partial charge < -0.3 is 10.2 Å². The van der Waals surface area contributed by atoms with Gasteiger partial charge in [-0.15, -0.1) is 11.3 Å². The standard InChI is InChI=1S/C20H23N3O4S3/c24-18-5-2-7-22(18)14-15-3-1-4-16(13-15)21-20(25)19-17(6-10-29-19)30(26,27)23-8-11-28-12-9-23/h1,3-4,6,10,13H,2,5,7-9,11-12,14H2,(H,21,25). The molecule has 1 aromatic heterocycles. The molecule has 1 N–H and O–H groups in total. The number of benzene rings is 1. The Morgan fingerprint density at radius 1 is 1.13 bits per heavy atom. The van der Waals surface area contributed by atoms with E-state index in [1.807, 2.05) is 23.1 Å². The van der Waals surface area contributed by atoms with E-state index in [4.69, 9.17) is 0 Å². The second-order valence-corrected chi connectivity index (χ2v) is 11.3. The molecule has 0 bridgehead atoms. The van der Waals surface area contributed by atoms with Gasteiger partial charge in [0.25, 0.3) is 5.91 Å². The summed E-state index contributed by atoms with van der Waals surface area (Å²) in [5.41, 5.74) is 1.50. The molecular weight excluding hydrogens is 442 g/mol. The van der Waals surface area contributed by atoms with Crippen molar-refractivity contribution in [1.82, 2.24) is 9.21 Å². The maximum Gasteiger partial charge on any atom is 0.267 e. The number of sulfonamides is 1. The van der Waals surface area contributed by atoms with Crippen LogP contribution in [0.2, 0.25) is 0 Å². The number of carbonyl (C=O) groups is 2. The molecule has 2 aliphatic rings. The fourth-order valence-corrected chi connectivity index (χ4v) is 7.49. The third-order valence-corrected chi connectivity index (χ3v) is 9.08. The van der Waals surface area contributed by atoms with Crippen LogP contribution in [0, 0.1) is 0 Å². The molecule has 2 fully saturated rings. The molecule has 0 atom stereocenters. The Balaban J connectivity index is 1.49. The van der Waals surface area contributed by atoms with Crippen molar-refractivity contribution in [1.29, 1.82) is 0 Å². The van der Waals surface area contributed by atoms with Gasteiger partial charge in [0.2, 0.25) is 15.9 Å². The minimum Gasteiger partial charge on any atom is -0.338 e. The van der Waals surface area contributed by atoms with Gasteiger partial charge in [0, 0.05) is 49.8 Å². The summed E-state index contributed by atoms with van der Waals surface area (Å²) in [7, 11) is -3.69. The normalized spacial score (nSPS) is 18.0. The van der Waals surface area contributed by atoms with Gasteiger partial charge in [0.1, 0.15) is 9.77 Å². The van der Waals surface area contributed by atoms with E-state index in [1.54, 1.807) is 23.2 Å². The average molecular weight is 466 g/mol. The van der Waals surface area contributed by atoms with Crippen molar-refractivity contribution in [2.75, 3.05) is 36.5 Å². The molecule has 1 aromatic carbocycles. The van der Waals surface area contributed by atoms with E-state index in [-0.39, 0.29) is 15.7 Å². The Kier molecular flexibility index (Phi) is 6.47. The van der Waals surface area contributed by atoms with Crippen molar-refractivity contribution in [2.45, 2.75) is 24.3 Å². The van der Waals surface area contributed by atoms with E-state index >= 15 is 0 Å². The van der Waals surface area contributed by atoms with Crippen molar-refractivity contribution in [3.05, 3.63) is 46.2 Å². The second-order valence-electron chi connectivity index (χ2n) is 7.20. The molecule has 2 amide bonds. The van der Waals surface area contributed by atoms with Gasteiger partial charge >= 0.3 is 0 Å². The summed E-state index contributed by atoms with van der Waals surface area (Å²) >= 11 is 2.85. The zero-order chi connectivity index (χ0) is 21.1. The predicted octanol–water partition coefficient (Wildman–Crippen LogP) is 2.86. The third kappa shape index (κ3) is 4.56. The van der Waals surface area contributed by atoms with Crippen LogP contribution in [-0.4, -0.2) is 60.6 Å². The molecule has 30 heavy (non-hydrogen) atoms. The van der Waals surface area contributed by atoms with Crippen LogP contribution in [0.25, 0.3) is 0 Å². The molecule has 2 aliphatic heterocycles. The summed E-state index contributed by atoms with van der Waals surface area (Å²) in [4.78, 5) is 26.8. The fourth-order valence-electron chi connectivity index (χ4n) is 3.62. The number of thiophene rings is 1. The quantitative estimate of drug-likeness (QED) is 0.709. The lowest BCUT2D eigenvalue weighted by atomic mass is 10.2. The molecule has 10 heteroatoms. The van der Waals surface area contributed by atoms with Gasteiger partial charge in [-0.2, -0.15) is 16.1 Å².